The number of carbonyl (C=O) groups excluding carboxylic acids is 3. The van der Waals surface area contributed by atoms with Gasteiger partial charge in [-0.2, -0.15) is 0 Å². The van der Waals surface area contributed by atoms with Gasteiger partial charge in [0.15, 0.2) is 0 Å². The summed E-state index contributed by atoms with van der Waals surface area (Å²) < 4.78 is 0. The zero-order valence-electron chi connectivity index (χ0n) is 21.5. The molecule has 0 aromatic heterocycles. The normalized spacial score (nSPS) is 13.0. The molecule has 38 heavy (non-hydrogen) atoms. The molecule has 4 aromatic rings. The van der Waals surface area contributed by atoms with Crippen molar-refractivity contribution < 1.29 is 14.4 Å². The third-order valence-electron chi connectivity index (χ3n) is 6.96. The van der Waals surface area contributed by atoms with E-state index in [4.69, 9.17) is 0 Å². The molecule has 0 fully saturated rings. The van der Waals surface area contributed by atoms with E-state index in [1.54, 1.807) is 15.9 Å². The Morgan fingerprint density at radius 2 is 1.50 bits per heavy atom. The first-order valence-electron chi connectivity index (χ1n) is 13.1. The Morgan fingerprint density at radius 3 is 2.18 bits per heavy atom. The van der Waals surface area contributed by atoms with Crippen molar-refractivity contribution in [3.63, 3.8) is 0 Å². The van der Waals surface area contributed by atoms with Gasteiger partial charge >= 0.3 is 0 Å². The lowest BCUT2D eigenvalue weighted by atomic mass is 10.0. The zero-order valence-corrected chi connectivity index (χ0v) is 21.5. The molecule has 1 unspecified atom stereocenters. The molecule has 3 amide bonds. The van der Waals surface area contributed by atoms with Gasteiger partial charge in [-0.15, -0.1) is 0 Å². The fourth-order valence-electron chi connectivity index (χ4n) is 5.06. The van der Waals surface area contributed by atoms with E-state index in [-0.39, 0.29) is 30.8 Å². The predicted octanol–water partition coefficient (Wildman–Crippen LogP) is 4.97. The monoisotopic (exact) mass is 505 g/mol. The quantitative estimate of drug-likeness (QED) is 0.331. The van der Waals surface area contributed by atoms with Crippen LogP contribution in [0, 0.1) is 0 Å². The fraction of sp³-hybridized carbons (Fsp3) is 0.219. The molecule has 0 saturated carbocycles. The summed E-state index contributed by atoms with van der Waals surface area (Å²) in [6.07, 6.45) is 1.17. The average Bonchev–Trinajstić information content (AvgIpc) is 3.22. The summed E-state index contributed by atoms with van der Waals surface area (Å²) in [6.45, 7) is 2.64. The Bertz CT molecular complexity index is 1450. The third kappa shape index (κ3) is 5.16. The molecule has 192 valence electrons. The van der Waals surface area contributed by atoms with Crippen LogP contribution in [0.5, 0.6) is 0 Å². The number of anilines is 1. The van der Waals surface area contributed by atoms with Gasteiger partial charge in [-0.05, 0) is 35.1 Å². The summed E-state index contributed by atoms with van der Waals surface area (Å²) in [6, 6.07) is 30.0. The van der Waals surface area contributed by atoms with E-state index in [2.05, 4.69) is 5.32 Å². The topological polar surface area (TPSA) is 69.7 Å². The average molecular weight is 506 g/mol. The lowest BCUT2D eigenvalue weighted by Gasteiger charge is -2.33. The summed E-state index contributed by atoms with van der Waals surface area (Å²) in [7, 11) is 0. The van der Waals surface area contributed by atoms with E-state index in [0.717, 1.165) is 34.0 Å². The van der Waals surface area contributed by atoms with E-state index in [0.29, 0.717) is 18.5 Å². The summed E-state index contributed by atoms with van der Waals surface area (Å²) in [5.74, 6) is -0.669. The molecule has 1 aliphatic heterocycles. The van der Waals surface area contributed by atoms with Crippen LogP contribution in [-0.4, -0.2) is 41.8 Å². The minimum Gasteiger partial charge on any atom is -0.354 e. The molecule has 1 N–H and O–H groups in total. The van der Waals surface area contributed by atoms with Gasteiger partial charge < -0.3 is 10.2 Å². The maximum Gasteiger partial charge on any atom is 0.259 e. The number of rotatable bonds is 10. The van der Waals surface area contributed by atoms with Crippen molar-refractivity contribution in [1.29, 1.82) is 0 Å². The number of hydrogen-bond donors (Lipinski definition) is 1. The molecular formula is C32H31N3O3. The number of amides is 3. The number of nitrogens with one attached hydrogen (secondary N) is 1. The second-order valence-corrected chi connectivity index (χ2v) is 9.58. The Kier molecular flexibility index (Phi) is 7.50. The lowest BCUT2D eigenvalue weighted by Crippen LogP contribution is -2.53. The van der Waals surface area contributed by atoms with Gasteiger partial charge in [0, 0.05) is 30.5 Å². The summed E-state index contributed by atoms with van der Waals surface area (Å²) in [5.41, 5.74) is 3.21. The van der Waals surface area contributed by atoms with E-state index in [1.807, 2.05) is 97.9 Å². The van der Waals surface area contributed by atoms with E-state index in [9.17, 15) is 14.4 Å². The van der Waals surface area contributed by atoms with E-state index >= 15 is 0 Å². The van der Waals surface area contributed by atoms with Crippen LogP contribution in [0.3, 0.4) is 0 Å². The molecule has 6 nitrogen and oxygen atoms in total. The van der Waals surface area contributed by atoms with Crippen LogP contribution in [0.1, 0.15) is 34.8 Å². The van der Waals surface area contributed by atoms with E-state index < -0.39 is 6.04 Å². The molecule has 0 saturated heterocycles. The van der Waals surface area contributed by atoms with E-state index in [1.165, 1.54) is 0 Å². The highest BCUT2D eigenvalue weighted by atomic mass is 16.2. The van der Waals surface area contributed by atoms with Gasteiger partial charge in [0.05, 0.1) is 5.69 Å². The van der Waals surface area contributed by atoms with Crippen molar-refractivity contribution in [2.45, 2.75) is 32.4 Å². The smallest absolute Gasteiger partial charge is 0.259 e. The molecule has 0 bridgehead atoms. The molecule has 1 heterocycles. The van der Waals surface area contributed by atoms with Crippen LogP contribution in [0.4, 0.5) is 5.69 Å². The first kappa shape index (κ1) is 25.2. The van der Waals surface area contributed by atoms with Gasteiger partial charge in [-0.3, -0.25) is 19.3 Å². The second-order valence-electron chi connectivity index (χ2n) is 9.58. The second kappa shape index (κ2) is 11.3. The number of benzene rings is 4. The Morgan fingerprint density at radius 1 is 0.842 bits per heavy atom. The molecule has 0 radical (unpaired) electrons. The third-order valence-corrected chi connectivity index (χ3v) is 6.96. The largest absolute Gasteiger partial charge is 0.354 e. The SMILES string of the molecule is CCCNC(=O)C(Cc1ccccc1)N(Cc1ccccc1)C(=O)CN1C(=O)c2cccc3cccc1c23. The van der Waals surface area contributed by atoms with Gasteiger partial charge in [-0.1, -0.05) is 91.9 Å². The minimum absolute atomic E-state index is 0.147. The highest BCUT2D eigenvalue weighted by Crippen LogP contribution is 2.37. The van der Waals surface area contributed by atoms with Gasteiger partial charge in [0.25, 0.3) is 5.91 Å². The van der Waals surface area contributed by atoms with Crippen LogP contribution in [-0.2, 0) is 22.6 Å². The number of carbonyl (C=O) groups is 3. The van der Waals surface area contributed by atoms with Crippen LogP contribution < -0.4 is 10.2 Å². The summed E-state index contributed by atoms with van der Waals surface area (Å²) in [5, 5.41) is 4.82. The van der Waals surface area contributed by atoms with Crippen LogP contribution in [0.15, 0.2) is 97.1 Å². The zero-order chi connectivity index (χ0) is 26.5. The Balaban J connectivity index is 1.49. The summed E-state index contributed by atoms with van der Waals surface area (Å²) >= 11 is 0. The highest BCUT2D eigenvalue weighted by molar-refractivity contribution is 6.26. The van der Waals surface area contributed by atoms with Crippen LogP contribution >= 0.6 is 0 Å². The van der Waals surface area contributed by atoms with Crippen molar-refractivity contribution in [1.82, 2.24) is 10.2 Å². The molecule has 0 aliphatic carbocycles. The number of hydrogen-bond acceptors (Lipinski definition) is 3. The van der Waals surface area contributed by atoms with Crippen molar-refractivity contribution >= 4 is 34.2 Å². The predicted molar refractivity (Wildman–Crippen MR) is 150 cm³/mol. The first-order valence-corrected chi connectivity index (χ1v) is 13.1. The molecular weight excluding hydrogens is 474 g/mol. The standard InChI is InChI=1S/C32H31N3O3/c1-2-19-33-31(37)28(20-23-11-5-3-6-12-23)34(21-24-13-7-4-8-14-24)29(36)22-35-27-18-10-16-25-15-9-17-26(30(25)27)32(35)38/h3-18,28H,2,19-22H2,1H3,(H,33,37). The van der Waals surface area contributed by atoms with Crippen molar-refractivity contribution in [3.05, 3.63) is 114 Å². The molecule has 6 heteroatoms. The van der Waals surface area contributed by atoms with Gasteiger partial charge in [-0.25, -0.2) is 0 Å². The molecule has 4 aromatic carbocycles. The number of nitrogens with zero attached hydrogens (tertiary/aromatic N) is 2. The molecule has 1 atom stereocenters. The minimum atomic E-state index is -0.729. The Labute approximate surface area is 222 Å². The van der Waals surface area contributed by atoms with Crippen molar-refractivity contribution in [3.8, 4) is 0 Å². The maximum atomic E-state index is 14.1. The Hall–Kier alpha value is -4.45. The van der Waals surface area contributed by atoms with Crippen LogP contribution in [0.2, 0.25) is 0 Å². The van der Waals surface area contributed by atoms with Gasteiger partial charge in [0.2, 0.25) is 11.8 Å². The lowest BCUT2D eigenvalue weighted by molar-refractivity contribution is -0.140. The van der Waals surface area contributed by atoms with Crippen molar-refractivity contribution in [2.24, 2.45) is 0 Å². The molecule has 5 rings (SSSR count). The van der Waals surface area contributed by atoms with Gasteiger partial charge in [0.1, 0.15) is 12.6 Å². The van der Waals surface area contributed by atoms with Crippen molar-refractivity contribution in [2.75, 3.05) is 18.0 Å². The van der Waals surface area contributed by atoms with Crippen LogP contribution in [0.25, 0.3) is 10.8 Å². The summed E-state index contributed by atoms with van der Waals surface area (Å²) in [4.78, 5) is 44.1. The maximum absolute atomic E-state index is 14.1. The molecule has 0 spiro atoms. The fourth-order valence-corrected chi connectivity index (χ4v) is 5.06. The first-order chi connectivity index (χ1) is 18.6. The highest BCUT2D eigenvalue weighted by Gasteiger charge is 2.35. The molecule has 1 aliphatic rings.